The van der Waals surface area contributed by atoms with Crippen molar-refractivity contribution in [2.45, 2.75) is 31.8 Å². The molecule has 2 N–H and O–H groups in total. The Kier molecular flexibility index (Phi) is 4.32. The minimum absolute atomic E-state index is 0.0475. The summed E-state index contributed by atoms with van der Waals surface area (Å²) < 4.78 is 0. The Hall–Kier alpha value is -1.26. The highest BCUT2D eigenvalue weighted by Crippen LogP contribution is 2.22. The second kappa shape index (κ2) is 5.80. The maximum absolute atomic E-state index is 12.2. The maximum Gasteiger partial charge on any atom is 0.253 e. The first kappa shape index (κ1) is 14.2. The van der Waals surface area contributed by atoms with Crippen LogP contribution in [0.3, 0.4) is 0 Å². The smallest absolute Gasteiger partial charge is 0.253 e. The molecule has 0 aromatic heterocycles. The average molecular weight is 283 g/mol. The topological polar surface area (TPSA) is 52.6 Å². The molecule has 4 nitrogen and oxygen atoms in total. The summed E-state index contributed by atoms with van der Waals surface area (Å²) in [5.74, 6) is -0.172. The standard InChI is InChI=1S/C14H19ClN2O2/c1-9-7-10(5-6-17(9)2)16-14(19)12-8-11(18)3-4-13(12)15/h3-4,8-10,18H,5-7H2,1-2H3,(H,16,19). The molecule has 1 saturated heterocycles. The number of hydrogen-bond donors (Lipinski definition) is 2. The fourth-order valence-corrected chi connectivity index (χ4v) is 2.57. The Morgan fingerprint density at radius 2 is 2.26 bits per heavy atom. The predicted octanol–water partition coefficient (Wildman–Crippen LogP) is 2.26. The number of carbonyl (C=O) groups excluding carboxylic acids is 1. The molecule has 0 saturated carbocycles. The summed E-state index contributed by atoms with van der Waals surface area (Å²) in [7, 11) is 2.09. The van der Waals surface area contributed by atoms with E-state index in [4.69, 9.17) is 11.6 Å². The number of likely N-dealkylation sites (tertiary alicyclic amines) is 1. The van der Waals surface area contributed by atoms with Crippen LogP contribution in [0.4, 0.5) is 0 Å². The SMILES string of the molecule is CC1CC(NC(=O)c2cc(O)ccc2Cl)CCN1C. The number of carbonyl (C=O) groups is 1. The third-order valence-corrected chi connectivity index (χ3v) is 4.07. The number of aromatic hydroxyl groups is 1. The lowest BCUT2D eigenvalue weighted by Gasteiger charge is -2.35. The molecule has 1 aromatic rings. The molecule has 1 aromatic carbocycles. The van der Waals surface area contributed by atoms with E-state index in [2.05, 4.69) is 24.2 Å². The molecule has 0 bridgehead atoms. The first-order valence-corrected chi connectivity index (χ1v) is 6.85. The second-order valence-electron chi connectivity index (χ2n) is 5.19. The first-order valence-electron chi connectivity index (χ1n) is 6.47. The zero-order chi connectivity index (χ0) is 14.0. The lowest BCUT2D eigenvalue weighted by atomic mass is 9.98. The largest absolute Gasteiger partial charge is 0.508 e. The third kappa shape index (κ3) is 3.39. The van der Waals surface area contributed by atoms with E-state index >= 15 is 0 Å². The highest BCUT2D eigenvalue weighted by atomic mass is 35.5. The van der Waals surface area contributed by atoms with Crippen molar-refractivity contribution in [1.82, 2.24) is 10.2 Å². The van der Waals surface area contributed by atoms with Crippen LogP contribution in [0.2, 0.25) is 5.02 Å². The molecule has 1 aliphatic rings. The van der Waals surface area contributed by atoms with Gasteiger partial charge in [-0.05, 0) is 45.0 Å². The van der Waals surface area contributed by atoms with Gasteiger partial charge in [-0.15, -0.1) is 0 Å². The van der Waals surface area contributed by atoms with E-state index in [1.807, 2.05) is 0 Å². The Morgan fingerprint density at radius 1 is 1.53 bits per heavy atom. The molecule has 1 heterocycles. The molecule has 1 aliphatic heterocycles. The van der Waals surface area contributed by atoms with Gasteiger partial charge in [0.15, 0.2) is 0 Å². The number of nitrogens with zero attached hydrogens (tertiary/aromatic N) is 1. The van der Waals surface area contributed by atoms with E-state index in [1.165, 1.54) is 18.2 Å². The highest BCUT2D eigenvalue weighted by molar-refractivity contribution is 6.33. The predicted molar refractivity (Wildman–Crippen MR) is 75.7 cm³/mol. The average Bonchev–Trinajstić information content (AvgIpc) is 2.36. The van der Waals surface area contributed by atoms with Gasteiger partial charge in [0.25, 0.3) is 5.91 Å². The Bertz CT molecular complexity index is 479. The minimum Gasteiger partial charge on any atom is -0.508 e. The zero-order valence-corrected chi connectivity index (χ0v) is 11.9. The van der Waals surface area contributed by atoms with Gasteiger partial charge in [-0.25, -0.2) is 0 Å². The highest BCUT2D eigenvalue weighted by Gasteiger charge is 2.24. The summed E-state index contributed by atoms with van der Waals surface area (Å²) in [6, 6.07) is 5.02. The Morgan fingerprint density at radius 3 is 2.95 bits per heavy atom. The summed E-state index contributed by atoms with van der Waals surface area (Å²) >= 11 is 5.98. The van der Waals surface area contributed by atoms with Crippen LogP contribution in [0.25, 0.3) is 0 Å². The van der Waals surface area contributed by atoms with Gasteiger partial charge in [-0.3, -0.25) is 4.79 Å². The zero-order valence-electron chi connectivity index (χ0n) is 11.2. The van der Waals surface area contributed by atoms with Gasteiger partial charge >= 0.3 is 0 Å². The van der Waals surface area contributed by atoms with Crippen LogP contribution in [0, 0.1) is 0 Å². The number of phenolic OH excluding ortho intramolecular Hbond substituents is 1. The second-order valence-corrected chi connectivity index (χ2v) is 5.60. The number of amides is 1. The number of nitrogens with one attached hydrogen (secondary N) is 1. The van der Waals surface area contributed by atoms with Gasteiger partial charge in [0, 0.05) is 18.6 Å². The van der Waals surface area contributed by atoms with E-state index in [0.29, 0.717) is 16.6 Å². The van der Waals surface area contributed by atoms with Crippen LogP contribution < -0.4 is 5.32 Å². The van der Waals surface area contributed by atoms with E-state index in [1.54, 1.807) is 0 Å². The molecule has 1 amide bonds. The number of rotatable bonds is 2. The van der Waals surface area contributed by atoms with E-state index in [-0.39, 0.29) is 17.7 Å². The Labute approximate surface area is 118 Å². The van der Waals surface area contributed by atoms with Crippen molar-refractivity contribution in [2.75, 3.05) is 13.6 Å². The van der Waals surface area contributed by atoms with Crippen molar-refractivity contribution in [1.29, 1.82) is 0 Å². The number of phenols is 1. The molecular weight excluding hydrogens is 264 g/mol. The Balaban J connectivity index is 2.03. The summed E-state index contributed by atoms with van der Waals surface area (Å²) in [4.78, 5) is 14.4. The van der Waals surface area contributed by atoms with Crippen LogP contribution in [-0.4, -0.2) is 41.6 Å². The molecule has 2 atom stereocenters. The van der Waals surface area contributed by atoms with Gasteiger partial charge in [-0.2, -0.15) is 0 Å². The quantitative estimate of drug-likeness (QED) is 0.875. The van der Waals surface area contributed by atoms with Crippen LogP contribution in [0.1, 0.15) is 30.1 Å². The van der Waals surface area contributed by atoms with E-state index in [9.17, 15) is 9.90 Å². The van der Waals surface area contributed by atoms with Gasteiger partial charge in [0.05, 0.1) is 10.6 Å². The normalized spacial score (nSPS) is 24.2. The lowest BCUT2D eigenvalue weighted by Crippen LogP contribution is -2.47. The third-order valence-electron chi connectivity index (χ3n) is 3.74. The van der Waals surface area contributed by atoms with Gasteiger partial charge in [-0.1, -0.05) is 11.6 Å². The van der Waals surface area contributed by atoms with Crippen LogP contribution in [0.5, 0.6) is 5.75 Å². The number of piperidine rings is 1. The molecule has 0 aliphatic carbocycles. The van der Waals surface area contributed by atoms with Gasteiger partial charge in [0.2, 0.25) is 0 Å². The van der Waals surface area contributed by atoms with Gasteiger partial charge in [0.1, 0.15) is 5.75 Å². The van der Waals surface area contributed by atoms with Crippen LogP contribution >= 0.6 is 11.6 Å². The molecular formula is C14H19ClN2O2. The number of hydrogen-bond acceptors (Lipinski definition) is 3. The molecule has 104 valence electrons. The molecule has 2 rings (SSSR count). The fourth-order valence-electron chi connectivity index (χ4n) is 2.37. The molecule has 0 radical (unpaired) electrons. The molecule has 2 unspecified atom stereocenters. The van der Waals surface area contributed by atoms with Gasteiger partial charge < -0.3 is 15.3 Å². The first-order chi connectivity index (χ1) is 8.97. The van der Waals surface area contributed by atoms with Crippen molar-refractivity contribution >= 4 is 17.5 Å². The number of benzene rings is 1. The summed E-state index contributed by atoms with van der Waals surface area (Å²) in [5.41, 5.74) is 0.327. The molecule has 0 spiro atoms. The van der Waals surface area contributed by atoms with E-state index in [0.717, 1.165) is 19.4 Å². The van der Waals surface area contributed by atoms with Crippen molar-refractivity contribution in [3.8, 4) is 5.75 Å². The summed E-state index contributed by atoms with van der Waals surface area (Å²) in [5, 5.41) is 12.8. The van der Waals surface area contributed by atoms with Crippen LogP contribution in [-0.2, 0) is 0 Å². The fraction of sp³-hybridized carbons (Fsp3) is 0.500. The van der Waals surface area contributed by atoms with Crippen molar-refractivity contribution < 1.29 is 9.90 Å². The van der Waals surface area contributed by atoms with Crippen molar-refractivity contribution in [2.24, 2.45) is 0 Å². The monoisotopic (exact) mass is 282 g/mol. The molecule has 5 heteroatoms. The van der Waals surface area contributed by atoms with Crippen molar-refractivity contribution in [3.05, 3.63) is 28.8 Å². The number of halogens is 1. The lowest BCUT2D eigenvalue weighted by molar-refractivity contribution is 0.0896. The van der Waals surface area contributed by atoms with Crippen LogP contribution in [0.15, 0.2) is 18.2 Å². The minimum atomic E-state index is -0.220. The molecule has 19 heavy (non-hydrogen) atoms. The van der Waals surface area contributed by atoms with Crippen molar-refractivity contribution in [3.63, 3.8) is 0 Å². The van der Waals surface area contributed by atoms with E-state index < -0.39 is 0 Å². The summed E-state index contributed by atoms with van der Waals surface area (Å²) in [6.45, 7) is 3.12. The molecule has 1 fully saturated rings. The summed E-state index contributed by atoms with van der Waals surface area (Å²) in [6.07, 6.45) is 1.86. The maximum atomic E-state index is 12.2.